The van der Waals surface area contributed by atoms with E-state index in [2.05, 4.69) is 4.90 Å². The lowest BCUT2D eigenvalue weighted by Crippen LogP contribution is -2.50. The summed E-state index contributed by atoms with van der Waals surface area (Å²) in [4.78, 5) is 2.52. The smallest absolute Gasteiger partial charge is 0.243 e. The molecule has 0 radical (unpaired) electrons. The number of hydrogen-bond acceptors (Lipinski definition) is 6. The number of rotatable bonds is 8. The molecule has 162 valence electrons. The van der Waals surface area contributed by atoms with E-state index in [1.54, 1.807) is 10.4 Å². The van der Waals surface area contributed by atoms with Crippen molar-refractivity contribution in [1.82, 2.24) is 9.21 Å². The highest BCUT2D eigenvalue weighted by Gasteiger charge is 2.30. The van der Waals surface area contributed by atoms with Crippen molar-refractivity contribution in [3.05, 3.63) is 29.3 Å². The second kappa shape index (κ2) is 9.41. The number of hydrogen-bond donors (Lipinski definition) is 1. The maximum atomic E-state index is 13.0. The fraction of sp³-hybridized carbons (Fsp3) is 0.714. The average molecular weight is 425 g/mol. The summed E-state index contributed by atoms with van der Waals surface area (Å²) in [5.41, 5.74) is 2.46. The second-order valence-electron chi connectivity index (χ2n) is 8.32. The number of ether oxygens (including phenoxy) is 2. The minimum absolute atomic E-state index is 0.162. The fourth-order valence-corrected chi connectivity index (χ4v) is 5.95. The van der Waals surface area contributed by atoms with Crippen LogP contribution in [0.3, 0.4) is 0 Å². The first kappa shape index (κ1) is 21.2. The predicted octanol–water partition coefficient (Wildman–Crippen LogP) is 1.04. The molecule has 2 fully saturated rings. The number of nitrogens with zero attached hydrogens (tertiary/aromatic N) is 2. The van der Waals surface area contributed by atoms with Crippen molar-refractivity contribution >= 4 is 10.0 Å². The molecule has 1 aromatic carbocycles. The lowest BCUT2D eigenvalue weighted by atomic mass is 10.1. The van der Waals surface area contributed by atoms with Gasteiger partial charge in [-0.25, -0.2) is 8.42 Å². The van der Waals surface area contributed by atoms with Gasteiger partial charge < -0.3 is 14.6 Å². The number of fused-ring (bicyclic) bond motifs is 1. The number of piperazine rings is 1. The average Bonchev–Trinajstić information content (AvgIpc) is 3.39. The molecule has 2 saturated heterocycles. The molecule has 1 aliphatic carbocycles. The van der Waals surface area contributed by atoms with Gasteiger partial charge in [0.05, 0.1) is 30.3 Å². The normalized spacial score (nSPS) is 24.7. The van der Waals surface area contributed by atoms with E-state index in [0.717, 1.165) is 38.7 Å². The second-order valence-corrected chi connectivity index (χ2v) is 10.3. The molecule has 1 N–H and O–H groups in total. The molecular weight excluding hydrogens is 392 g/mol. The molecule has 1 aromatic rings. The van der Waals surface area contributed by atoms with Gasteiger partial charge in [0.25, 0.3) is 0 Å². The minimum atomic E-state index is -3.45. The standard InChI is InChI=1S/C21H32N2O5S/c24-19(15-27-16-20-5-2-12-28-20)14-22-8-10-23(11-9-22)29(25,26)21-7-6-17-3-1-4-18(17)13-21/h6-7,13,19-20,24H,1-5,8-12,14-16H2/t19-,20+/m0/s1. The third-order valence-corrected chi connectivity index (χ3v) is 8.04. The molecular formula is C21H32N2O5S. The molecule has 29 heavy (non-hydrogen) atoms. The third kappa shape index (κ3) is 5.18. The molecule has 4 rings (SSSR count). The van der Waals surface area contributed by atoms with E-state index >= 15 is 0 Å². The number of β-amino-alcohol motifs (C(OH)–C–C–N with tert-alkyl or cyclic N) is 1. The monoisotopic (exact) mass is 424 g/mol. The van der Waals surface area contributed by atoms with Crippen LogP contribution in [-0.4, -0.2) is 87.5 Å². The highest BCUT2D eigenvalue weighted by Crippen LogP contribution is 2.26. The highest BCUT2D eigenvalue weighted by atomic mass is 32.2. The fourth-order valence-electron chi connectivity index (χ4n) is 4.47. The Balaban J connectivity index is 1.23. The van der Waals surface area contributed by atoms with E-state index in [9.17, 15) is 13.5 Å². The summed E-state index contributed by atoms with van der Waals surface area (Å²) in [7, 11) is -3.45. The van der Waals surface area contributed by atoms with Crippen molar-refractivity contribution in [2.45, 2.75) is 49.2 Å². The SMILES string of the molecule is O=S(=O)(c1ccc2c(c1)CCC2)N1CCN(C[C@H](O)COC[C@H]2CCCO2)CC1. The van der Waals surface area contributed by atoms with Crippen LogP contribution in [0.4, 0.5) is 0 Å². The van der Waals surface area contributed by atoms with E-state index in [-0.39, 0.29) is 12.7 Å². The summed E-state index contributed by atoms with van der Waals surface area (Å²) in [6.07, 6.45) is 4.82. The van der Waals surface area contributed by atoms with Crippen LogP contribution in [0.1, 0.15) is 30.4 Å². The van der Waals surface area contributed by atoms with E-state index in [1.807, 2.05) is 12.1 Å². The molecule has 3 aliphatic rings. The molecule has 0 spiro atoms. The van der Waals surface area contributed by atoms with Gasteiger partial charge in [-0.2, -0.15) is 4.31 Å². The van der Waals surface area contributed by atoms with Crippen LogP contribution in [0.15, 0.2) is 23.1 Å². The van der Waals surface area contributed by atoms with Crippen LogP contribution in [0.5, 0.6) is 0 Å². The molecule has 0 bridgehead atoms. The first-order valence-corrected chi connectivity index (χ1v) is 12.2. The topological polar surface area (TPSA) is 79.3 Å². The summed E-state index contributed by atoms with van der Waals surface area (Å²) >= 11 is 0. The van der Waals surface area contributed by atoms with E-state index < -0.39 is 16.1 Å². The number of aliphatic hydroxyl groups excluding tert-OH is 1. The quantitative estimate of drug-likeness (QED) is 0.672. The summed E-state index contributed by atoms with van der Waals surface area (Å²) in [5.74, 6) is 0. The molecule has 0 unspecified atom stereocenters. The largest absolute Gasteiger partial charge is 0.389 e. The Bertz CT molecular complexity index is 786. The van der Waals surface area contributed by atoms with Crippen LogP contribution in [0.25, 0.3) is 0 Å². The molecule has 0 saturated carbocycles. The minimum Gasteiger partial charge on any atom is -0.389 e. The zero-order valence-electron chi connectivity index (χ0n) is 17.0. The van der Waals surface area contributed by atoms with Gasteiger partial charge in [0, 0.05) is 39.3 Å². The van der Waals surface area contributed by atoms with Crippen molar-refractivity contribution in [3.8, 4) is 0 Å². The predicted molar refractivity (Wildman–Crippen MR) is 109 cm³/mol. The number of benzene rings is 1. The van der Waals surface area contributed by atoms with Crippen molar-refractivity contribution in [2.24, 2.45) is 0 Å². The van der Waals surface area contributed by atoms with Gasteiger partial charge in [0.15, 0.2) is 0 Å². The van der Waals surface area contributed by atoms with E-state index in [4.69, 9.17) is 9.47 Å². The Morgan fingerprint density at radius 3 is 2.69 bits per heavy atom. The Kier molecular flexibility index (Phi) is 6.88. The lowest BCUT2D eigenvalue weighted by Gasteiger charge is -2.35. The van der Waals surface area contributed by atoms with Gasteiger partial charge >= 0.3 is 0 Å². The van der Waals surface area contributed by atoms with Crippen LogP contribution in [0.2, 0.25) is 0 Å². The molecule has 2 atom stereocenters. The maximum Gasteiger partial charge on any atom is 0.243 e. The Morgan fingerprint density at radius 2 is 1.93 bits per heavy atom. The van der Waals surface area contributed by atoms with Crippen LogP contribution in [0, 0.1) is 0 Å². The van der Waals surface area contributed by atoms with Crippen molar-refractivity contribution in [3.63, 3.8) is 0 Å². The van der Waals surface area contributed by atoms with Gasteiger partial charge in [-0.05, 0) is 55.4 Å². The number of aryl methyl sites for hydroxylation is 2. The summed E-state index contributed by atoms with van der Waals surface area (Å²) in [6.45, 7) is 4.25. The lowest BCUT2D eigenvalue weighted by molar-refractivity contribution is -0.0270. The van der Waals surface area contributed by atoms with Gasteiger partial charge in [0.1, 0.15) is 0 Å². The van der Waals surface area contributed by atoms with Gasteiger partial charge in [-0.3, -0.25) is 4.90 Å². The zero-order valence-corrected chi connectivity index (χ0v) is 17.8. The first-order valence-electron chi connectivity index (χ1n) is 10.7. The van der Waals surface area contributed by atoms with Crippen molar-refractivity contribution in [2.75, 3.05) is 52.5 Å². The Hall–Kier alpha value is -1.03. The number of aliphatic hydroxyl groups is 1. The summed E-state index contributed by atoms with van der Waals surface area (Å²) in [5, 5.41) is 10.2. The van der Waals surface area contributed by atoms with Crippen LogP contribution < -0.4 is 0 Å². The van der Waals surface area contributed by atoms with Crippen molar-refractivity contribution < 1.29 is 23.0 Å². The van der Waals surface area contributed by atoms with E-state index in [1.165, 1.54) is 11.1 Å². The van der Waals surface area contributed by atoms with Crippen LogP contribution in [-0.2, 0) is 32.3 Å². The zero-order chi connectivity index (χ0) is 20.3. The molecule has 2 heterocycles. The summed E-state index contributed by atoms with van der Waals surface area (Å²) in [6, 6.07) is 5.58. The summed E-state index contributed by atoms with van der Waals surface area (Å²) < 4.78 is 38.7. The van der Waals surface area contributed by atoms with E-state index in [0.29, 0.717) is 44.2 Å². The Morgan fingerprint density at radius 1 is 1.14 bits per heavy atom. The molecule has 0 amide bonds. The molecule has 2 aliphatic heterocycles. The molecule has 7 nitrogen and oxygen atoms in total. The number of sulfonamides is 1. The van der Waals surface area contributed by atoms with Crippen LogP contribution >= 0.6 is 0 Å². The third-order valence-electron chi connectivity index (χ3n) is 6.15. The highest BCUT2D eigenvalue weighted by molar-refractivity contribution is 7.89. The van der Waals surface area contributed by atoms with Crippen molar-refractivity contribution in [1.29, 1.82) is 0 Å². The maximum absolute atomic E-state index is 13.0. The Labute approximate surface area is 173 Å². The van der Waals surface area contributed by atoms with Gasteiger partial charge in [0.2, 0.25) is 10.0 Å². The van der Waals surface area contributed by atoms with Gasteiger partial charge in [-0.15, -0.1) is 0 Å². The molecule has 8 heteroatoms. The van der Waals surface area contributed by atoms with Gasteiger partial charge in [-0.1, -0.05) is 6.07 Å². The first-order chi connectivity index (χ1) is 14.0. The molecule has 0 aromatic heterocycles.